The zero-order valence-corrected chi connectivity index (χ0v) is 10.4. The maximum absolute atomic E-state index is 12.4. The lowest BCUT2D eigenvalue weighted by atomic mass is 10.1. The van der Waals surface area contributed by atoms with Crippen LogP contribution in [0.1, 0.15) is 17.3 Å². The molecule has 0 aliphatic rings. The molecule has 1 atom stereocenters. The summed E-state index contributed by atoms with van der Waals surface area (Å²) >= 11 is 0. The van der Waals surface area contributed by atoms with Crippen LogP contribution in [-0.2, 0) is 0 Å². The summed E-state index contributed by atoms with van der Waals surface area (Å²) in [6.07, 6.45) is -3.38. The molecular weight excluding hydrogens is 263 g/mol. The number of carbonyl (C=O) groups excluding carboxylic acids is 1. The number of nitrogens with one attached hydrogen (secondary N) is 2. The van der Waals surface area contributed by atoms with E-state index >= 15 is 0 Å². The van der Waals surface area contributed by atoms with E-state index in [1.54, 1.807) is 0 Å². The number of aliphatic hydroxyl groups is 1. The summed E-state index contributed by atoms with van der Waals surface area (Å²) in [6, 6.07) is 2.90. The van der Waals surface area contributed by atoms with Crippen LogP contribution in [0.2, 0.25) is 0 Å². The lowest BCUT2D eigenvalue weighted by Crippen LogP contribution is -2.51. The number of pyridine rings is 1. The summed E-state index contributed by atoms with van der Waals surface area (Å²) < 4.78 is 37.2. The number of hydrogen-bond acceptors (Lipinski definition) is 4. The Morgan fingerprint density at radius 2 is 2.11 bits per heavy atom. The number of amides is 1. The highest BCUT2D eigenvalue weighted by atomic mass is 19.4. The predicted octanol–water partition coefficient (Wildman–Crippen LogP) is 1.17. The van der Waals surface area contributed by atoms with Crippen molar-refractivity contribution >= 4 is 11.7 Å². The van der Waals surface area contributed by atoms with E-state index in [1.165, 1.54) is 25.4 Å². The minimum Gasteiger partial charge on any atom is -0.379 e. The van der Waals surface area contributed by atoms with Crippen LogP contribution < -0.4 is 10.6 Å². The van der Waals surface area contributed by atoms with E-state index in [-0.39, 0.29) is 11.4 Å². The summed E-state index contributed by atoms with van der Waals surface area (Å²) in [5, 5.41) is 13.9. The van der Waals surface area contributed by atoms with Gasteiger partial charge in [-0.05, 0) is 19.1 Å². The van der Waals surface area contributed by atoms with Crippen LogP contribution in [-0.4, -0.2) is 41.4 Å². The molecule has 1 aromatic heterocycles. The van der Waals surface area contributed by atoms with E-state index in [0.29, 0.717) is 6.92 Å². The topological polar surface area (TPSA) is 74.2 Å². The number of nitrogens with zero attached hydrogens (tertiary/aromatic N) is 1. The fraction of sp³-hybridized carbons (Fsp3) is 0.455. The third kappa shape index (κ3) is 3.57. The van der Waals surface area contributed by atoms with Crippen molar-refractivity contribution in [3.63, 3.8) is 0 Å². The number of halogens is 3. The maximum atomic E-state index is 12.4. The summed E-state index contributed by atoms with van der Waals surface area (Å²) in [4.78, 5) is 15.6. The molecule has 5 nitrogen and oxygen atoms in total. The lowest BCUT2D eigenvalue weighted by molar-refractivity contribution is -0.249. The number of hydrogen-bond donors (Lipinski definition) is 3. The minimum absolute atomic E-state index is 0.1000. The number of alkyl halides is 3. The largest absolute Gasteiger partial charge is 0.418 e. The first-order valence-corrected chi connectivity index (χ1v) is 5.39. The van der Waals surface area contributed by atoms with Gasteiger partial charge >= 0.3 is 6.18 Å². The van der Waals surface area contributed by atoms with Gasteiger partial charge in [0.2, 0.25) is 0 Å². The molecule has 0 radical (unpaired) electrons. The van der Waals surface area contributed by atoms with Gasteiger partial charge in [-0.2, -0.15) is 13.2 Å². The molecule has 3 N–H and O–H groups in total. The van der Waals surface area contributed by atoms with Crippen LogP contribution in [0, 0.1) is 0 Å². The van der Waals surface area contributed by atoms with Crippen LogP contribution >= 0.6 is 0 Å². The lowest BCUT2D eigenvalue weighted by Gasteiger charge is -2.26. The fourth-order valence-corrected chi connectivity index (χ4v) is 1.24. The third-order valence-electron chi connectivity index (χ3n) is 2.49. The van der Waals surface area contributed by atoms with Crippen molar-refractivity contribution < 1.29 is 23.1 Å². The molecule has 0 fully saturated rings. The van der Waals surface area contributed by atoms with Crippen molar-refractivity contribution in [2.24, 2.45) is 0 Å². The minimum atomic E-state index is -4.82. The molecule has 0 saturated heterocycles. The summed E-state index contributed by atoms with van der Waals surface area (Å²) in [6.45, 7) is -0.344. The first-order valence-electron chi connectivity index (χ1n) is 5.39. The normalized spacial score (nSPS) is 14.6. The van der Waals surface area contributed by atoms with Gasteiger partial charge in [0.1, 0.15) is 5.82 Å². The molecule has 1 heterocycles. The molecule has 1 unspecified atom stereocenters. The molecule has 0 spiro atoms. The molecule has 1 aromatic rings. The predicted molar refractivity (Wildman–Crippen MR) is 62.8 cm³/mol. The second-order valence-corrected chi connectivity index (χ2v) is 4.10. The Bertz CT molecular complexity index is 461. The zero-order valence-electron chi connectivity index (χ0n) is 10.4. The number of carbonyl (C=O) groups is 1. The molecule has 0 aromatic carbocycles. The number of aromatic nitrogens is 1. The Morgan fingerprint density at radius 1 is 1.47 bits per heavy atom. The summed E-state index contributed by atoms with van der Waals surface area (Å²) in [7, 11) is 1.53. The van der Waals surface area contributed by atoms with Crippen LogP contribution in [0.5, 0.6) is 0 Å². The van der Waals surface area contributed by atoms with Gasteiger partial charge in [-0.25, -0.2) is 4.98 Å². The highest BCUT2D eigenvalue weighted by molar-refractivity contribution is 5.98. The van der Waals surface area contributed by atoms with Crippen molar-refractivity contribution in [2.45, 2.75) is 18.7 Å². The Hall–Kier alpha value is -1.83. The molecule has 0 aliphatic heterocycles. The van der Waals surface area contributed by atoms with Crippen LogP contribution in [0.4, 0.5) is 19.0 Å². The molecule has 0 aliphatic carbocycles. The monoisotopic (exact) mass is 277 g/mol. The van der Waals surface area contributed by atoms with Gasteiger partial charge in [-0.1, -0.05) is 0 Å². The maximum Gasteiger partial charge on any atom is 0.418 e. The molecule has 1 rings (SSSR count). The van der Waals surface area contributed by atoms with Crippen molar-refractivity contribution in [3.05, 3.63) is 23.9 Å². The number of anilines is 1. The average molecular weight is 277 g/mol. The van der Waals surface area contributed by atoms with Gasteiger partial charge in [-0.15, -0.1) is 0 Å². The van der Waals surface area contributed by atoms with E-state index < -0.39 is 24.2 Å². The van der Waals surface area contributed by atoms with Crippen molar-refractivity contribution in [3.8, 4) is 0 Å². The quantitative estimate of drug-likeness (QED) is 0.772. The van der Waals surface area contributed by atoms with Crippen LogP contribution in [0.3, 0.4) is 0 Å². The highest BCUT2D eigenvalue weighted by Crippen LogP contribution is 2.29. The highest BCUT2D eigenvalue weighted by Gasteiger charge is 2.49. The van der Waals surface area contributed by atoms with Gasteiger partial charge < -0.3 is 15.7 Å². The Labute approximate surface area is 107 Å². The second-order valence-electron chi connectivity index (χ2n) is 4.10. The van der Waals surface area contributed by atoms with Crippen molar-refractivity contribution in [1.29, 1.82) is 0 Å². The fourth-order valence-electron chi connectivity index (χ4n) is 1.24. The molecule has 19 heavy (non-hydrogen) atoms. The van der Waals surface area contributed by atoms with E-state index in [4.69, 9.17) is 0 Å². The first kappa shape index (κ1) is 15.2. The van der Waals surface area contributed by atoms with Gasteiger partial charge in [0.15, 0.2) is 5.60 Å². The zero-order chi connectivity index (χ0) is 14.7. The van der Waals surface area contributed by atoms with Gasteiger partial charge in [0.05, 0.1) is 12.1 Å². The summed E-state index contributed by atoms with van der Waals surface area (Å²) in [5.41, 5.74) is -2.88. The van der Waals surface area contributed by atoms with Crippen LogP contribution in [0.25, 0.3) is 0 Å². The molecule has 0 bridgehead atoms. The van der Waals surface area contributed by atoms with Gasteiger partial charge in [0, 0.05) is 13.2 Å². The smallest absolute Gasteiger partial charge is 0.379 e. The van der Waals surface area contributed by atoms with E-state index in [9.17, 15) is 23.1 Å². The van der Waals surface area contributed by atoms with E-state index in [2.05, 4.69) is 10.3 Å². The Morgan fingerprint density at radius 3 is 2.63 bits per heavy atom. The number of rotatable bonds is 4. The molecule has 106 valence electrons. The molecule has 1 amide bonds. The van der Waals surface area contributed by atoms with Gasteiger partial charge in [0.25, 0.3) is 5.91 Å². The molecule has 8 heteroatoms. The average Bonchev–Trinajstić information content (AvgIpc) is 2.34. The second kappa shape index (κ2) is 5.43. The third-order valence-corrected chi connectivity index (χ3v) is 2.49. The molecule has 0 saturated carbocycles. The standard InChI is InChI=1S/C11H14F3N3O2/c1-10(19,11(12,13)14)6-17-9(18)7-4-3-5-16-8(7)15-2/h3-5,19H,6H2,1-2H3,(H,15,16)(H,17,18). The Balaban J connectivity index is 2.76. The first-order chi connectivity index (χ1) is 8.69. The van der Waals surface area contributed by atoms with Crippen molar-refractivity contribution in [1.82, 2.24) is 10.3 Å². The SMILES string of the molecule is CNc1ncccc1C(=O)NCC(C)(O)C(F)(F)F. The van der Waals surface area contributed by atoms with Crippen molar-refractivity contribution in [2.75, 3.05) is 18.9 Å². The van der Waals surface area contributed by atoms with Crippen LogP contribution in [0.15, 0.2) is 18.3 Å². The Kier molecular flexibility index (Phi) is 4.35. The molecular formula is C11H14F3N3O2. The van der Waals surface area contributed by atoms with E-state index in [0.717, 1.165) is 0 Å². The van der Waals surface area contributed by atoms with Gasteiger partial charge in [-0.3, -0.25) is 4.79 Å². The van der Waals surface area contributed by atoms with E-state index in [1.807, 2.05) is 5.32 Å². The summed E-state index contributed by atoms with van der Waals surface area (Å²) in [5.74, 6) is -0.506.